The van der Waals surface area contributed by atoms with Crippen molar-refractivity contribution in [2.45, 2.75) is 33.7 Å². The van der Waals surface area contributed by atoms with Crippen molar-refractivity contribution < 1.29 is 14.3 Å². The van der Waals surface area contributed by atoms with Gasteiger partial charge in [-0.25, -0.2) is 0 Å². The average Bonchev–Trinajstić information content (AvgIpc) is 2.39. The van der Waals surface area contributed by atoms with E-state index in [1.807, 2.05) is 39.0 Å². The number of carbonyl (C=O) groups is 2. The maximum Gasteiger partial charge on any atom is 0.264 e. The molecule has 1 aromatic carbocycles. The molecule has 0 saturated carbocycles. The number of rotatable bonds is 3. The summed E-state index contributed by atoms with van der Waals surface area (Å²) in [6.07, 6.45) is 0.486. The molecular formula is C16H22N2O3. The standard InChI is InChI=1S/C16H22N2O3/c1-16(2,3)8-14(19)17-9-11-5-6-13-12(7-11)18(4)15(20)10-21-13/h5-7H,8-10H2,1-4H3,(H,17,19). The van der Waals surface area contributed by atoms with Crippen molar-refractivity contribution >= 4 is 17.5 Å². The van der Waals surface area contributed by atoms with Gasteiger partial charge in [-0.3, -0.25) is 9.59 Å². The Kier molecular flexibility index (Phi) is 4.21. The number of fused-ring (bicyclic) bond motifs is 1. The molecule has 0 aliphatic carbocycles. The molecule has 21 heavy (non-hydrogen) atoms. The molecule has 2 rings (SSSR count). The van der Waals surface area contributed by atoms with Crippen LogP contribution in [0.4, 0.5) is 5.69 Å². The molecule has 1 aliphatic rings. The van der Waals surface area contributed by atoms with Crippen molar-refractivity contribution in [1.82, 2.24) is 5.32 Å². The van der Waals surface area contributed by atoms with Crippen molar-refractivity contribution in [1.29, 1.82) is 0 Å². The lowest BCUT2D eigenvalue weighted by Crippen LogP contribution is -2.35. The molecule has 5 heteroatoms. The highest BCUT2D eigenvalue weighted by molar-refractivity contribution is 5.97. The van der Waals surface area contributed by atoms with Gasteiger partial charge < -0.3 is 15.0 Å². The molecule has 0 aromatic heterocycles. The zero-order valence-electron chi connectivity index (χ0n) is 13.0. The first kappa shape index (κ1) is 15.4. The van der Waals surface area contributed by atoms with Crippen LogP contribution in [-0.4, -0.2) is 25.5 Å². The summed E-state index contributed by atoms with van der Waals surface area (Å²) < 4.78 is 5.37. The molecule has 0 spiro atoms. The van der Waals surface area contributed by atoms with Gasteiger partial charge in [0.25, 0.3) is 5.91 Å². The summed E-state index contributed by atoms with van der Waals surface area (Å²) in [7, 11) is 1.73. The van der Waals surface area contributed by atoms with Gasteiger partial charge in [0.15, 0.2) is 6.61 Å². The van der Waals surface area contributed by atoms with Gasteiger partial charge in [-0.15, -0.1) is 0 Å². The topological polar surface area (TPSA) is 58.6 Å². The number of nitrogens with zero attached hydrogens (tertiary/aromatic N) is 1. The summed E-state index contributed by atoms with van der Waals surface area (Å²) in [5.74, 6) is 0.652. The first-order chi connectivity index (χ1) is 9.76. The number of hydrogen-bond donors (Lipinski definition) is 1. The van der Waals surface area contributed by atoms with Crippen LogP contribution in [0.3, 0.4) is 0 Å². The predicted octanol–water partition coefficient (Wildman–Crippen LogP) is 2.09. The third kappa shape index (κ3) is 3.97. The van der Waals surface area contributed by atoms with E-state index in [9.17, 15) is 9.59 Å². The third-order valence-corrected chi connectivity index (χ3v) is 3.29. The van der Waals surface area contributed by atoms with E-state index in [2.05, 4.69) is 5.32 Å². The number of benzene rings is 1. The van der Waals surface area contributed by atoms with E-state index >= 15 is 0 Å². The van der Waals surface area contributed by atoms with Crippen molar-refractivity contribution in [2.24, 2.45) is 5.41 Å². The quantitative estimate of drug-likeness (QED) is 0.927. The van der Waals surface area contributed by atoms with Gasteiger partial charge in [0, 0.05) is 20.0 Å². The van der Waals surface area contributed by atoms with E-state index in [-0.39, 0.29) is 23.8 Å². The van der Waals surface area contributed by atoms with Gasteiger partial charge in [0.1, 0.15) is 5.75 Å². The molecule has 1 aromatic rings. The number of anilines is 1. The van der Waals surface area contributed by atoms with Crippen LogP contribution < -0.4 is 15.0 Å². The van der Waals surface area contributed by atoms with Crippen LogP contribution in [0, 0.1) is 5.41 Å². The minimum atomic E-state index is -0.0728. The fourth-order valence-electron chi connectivity index (χ4n) is 2.17. The average molecular weight is 290 g/mol. The fraction of sp³-hybridized carbons (Fsp3) is 0.500. The Morgan fingerprint density at radius 2 is 2.10 bits per heavy atom. The van der Waals surface area contributed by atoms with Crippen LogP contribution in [0.15, 0.2) is 18.2 Å². The Hall–Kier alpha value is -2.04. The smallest absolute Gasteiger partial charge is 0.264 e. The first-order valence-electron chi connectivity index (χ1n) is 7.05. The molecule has 0 saturated heterocycles. The van der Waals surface area contributed by atoms with Crippen LogP contribution in [0.25, 0.3) is 0 Å². The second kappa shape index (κ2) is 5.76. The van der Waals surface area contributed by atoms with E-state index in [0.717, 1.165) is 11.3 Å². The molecular weight excluding hydrogens is 268 g/mol. The molecule has 2 amide bonds. The molecule has 114 valence electrons. The highest BCUT2D eigenvalue weighted by Gasteiger charge is 2.22. The SMILES string of the molecule is CN1C(=O)COc2ccc(CNC(=O)CC(C)(C)C)cc21. The fourth-order valence-corrected chi connectivity index (χ4v) is 2.17. The highest BCUT2D eigenvalue weighted by Crippen LogP contribution is 2.31. The molecule has 1 heterocycles. The van der Waals surface area contributed by atoms with Crippen LogP contribution in [-0.2, 0) is 16.1 Å². The number of ether oxygens (including phenoxy) is 1. The van der Waals surface area contributed by atoms with E-state index in [1.165, 1.54) is 0 Å². The largest absolute Gasteiger partial charge is 0.482 e. The van der Waals surface area contributed by atoms with Gasteiger partial charge in [-0.05, 0) is 23.1 Å². The van der Waals surface area contributed by atoms with Gasteiger partial charge >= 0.3 is 0 Å². The summed E-state index contributed by atoms with van der Waals surface area (Å²) in [5.41, 5.74) is 1.66. The highest BCUT2D eigenvalue weighted by atomic mass is 16.5. The van der Waals surface area contributed by atoms with Crippen molar-refractivity contribution in [3.63, 3.8) is 0 Å². The lowest BCUT2D eigenvalue weighted by atomic mass is 9.92. The molecule has 1 N–H and O–H groups in total. The number of amides is 2. The van der Waals surface area contributed by atoms with E-state index in [0.29, 0.717) is 18.7 Å². The molecule has 0 bridgehead atoms. The number of hydrogen-bond acceptors (Lipinski definition) is 3. The second-order valence-corrected chi connectivity index (χ2v) is 6.56. The predicted molar refractivity (Wildman–Crippen MR) is 81.3 cm³/mol. The molecule has 0 radical (unpaired) electrons. The Morgan fingerprint density at radius 3 is 2.76 bits per heavy atom. The van der Waals surface area contributed by atoms with Crippen molar-refractivity contribution in [2.75, 3.05) is 18.6 Å². The molecule has 0 fully saturated rings. The summed E-state index contributed by atoms with van der Waals surface area (Å²) in [4.78, 5) is 25.0. The minimum absolute atomic E-state index is 0.0274. The number of nitrogens with one attached hydrogen (secondary N) is 1. The van der Waals surface area contributed by atoms with E-state index in [4.69, 9.17) is 4.74 Å². The molecule has 0 atom stereocenters. The Morgan fingerprint density at radius 1 is 1.38 bits per heavy atom. The molecule has 1 aliphatic heterocycles. The second-order valence-electron chi connectivity index (χ2n) is 6.56. The van der Waals surface area contributed by atoms with E-state index in [1.54, 1.807) is 11.9 Å². The van der Waals surface area contributed by atoms with Gasteiger partial charge in [0.2, 0.25) is 5.91 Å². The summed E-state index contributed by atoms with van der Waals surface area (Å²) in [6.45, 7) is 6.62. The van der Waals surface area contributed by atoms with Crippen LogP contribution in [0.5, 0.6) is 5.75 Å². The Bertz CT molecular complexity index is 561. The van der Waals surface area contributed by atoms with Crippen LogP contribution in [0.1, 0.15) is 32.8 Å². The monoisotopic (exact) mass is 290 g/mol. The zero-order valence-corrected chi connectivity index (χ0v) is 13.0. The molecule has 5 nitrogen and oxygen atoms in total. The normalized spacial score (nSPS) is 14.5. The van der Waals surface area contributed by atoms with Gasteiger partial charge in [-0.2, -0.15) is 0 Å². The van der Waals surface area contributed by atoms with Crippen LogP contribution >= 0.6 is 0 Å². The molecule has 0 unspecified atom stereocenters. The van der Waals surface area contributed by atoms with Crippen LogP contribution in [0.2, 0.25) is 0 Å². The summed E-state index contributed by atoms with van der Waals surface area (Å²) in [5, 5.41) is 2.91. The lowest BCUT2D eigenvalue weighted by Gasteiger charge is -2.26. The lowest BCUT2D eigenvalue weighted by molar-refractivity contribution is -0.123. The minimum Gasteiger partial charge on any atom is -0.482 e. The number of likely N-dealkylation sites (N-methyl/N-ethyl adjacent to an activating group) is 1. The maximum absolute atomic E-state index is 11.8. The Balaban J connectivity index is 2.02. The first-order valence-corrected chi connectivity index (χ1v) is 7.05. The maximum atomic E-state index is 11.8. The summed E-state index contributed by atoms with van der Waals surface area (Å²) >= 11 is 0. The van der Waals surface area contributed by atoms with Gasteiger partial charge in [0.05, 0.1) is 5.69 Å². The Labute approximate surface area is 125 Å². The van der Waals surface area contributed by atoms with Crippen molar-refractivity contribution in [3.05, 3.63) is 23.8 Å². The summed E-state index contributed by atoms with van der Waals surface area (Å²) in [6, 6.07) is 5.62. The number of carbonyl (C=O) groups excluding carboxylic acids is 2. The van der Waals surface area contributed by atoms with E-state index < -0.39 is 0 Å². The third-order valence-electron chi connectivity index (χ3n) is 3.29. The van der Waals surface area contributed by atoms with Crippen molar-refractivity contribution in [3.8, 4) is 5.75 Å². The van der Waals surface area contributed by atoms with Gasteiger partial charge in [-0.1, -0.05) is 26.8 Å². The zero-order chi connectivity index (χ0) is 15.6.